The van der Waals surface area contributed by atoms with E-state index >= 15 is 0 Å². The minimum absolute atomic E-state index is 0. The Hall–Kier alpha value is -1.06. The molecule has 15 heavy (non-hydrogen) atoms. The lowest BCUT2D eigenvalue weighted by Crippen LogP contribution is -1.95. The summed E-state index contributed by atoms with van der Waals surface area (Å²) in [4.78, 5) is 4.32. The third kappa shape index (κ3) is 2.49. The van der Waals surface area contributed by atoms with Crippen LogP contribution in [-0.2, 0) is 12.9 Å². The van der Waals surface area contributed by atoms with Crippen LogP contribution < -0.4 is 0 Å². The van der Waals surface area contributed by atoms with Gasteiger partial charge in [-0.05, 0) is 0 Å². The van der Waals surface area contributed by atoms with E-state index in [4.69, 9.17) is 11.6 Å². The molecule has 0 unspecified atom stereocenters. The van der Waals surface area contributed by atoms with Crippen molar-refractivity contribution in [3.63, 3.8) is 0 Å². The predicted octanol–water partition coefficient (Wildman–Crippen LogP) is 2.64. The van der Waals surface area contributed by atoms with Gasteiger partial charge in [-0.25, -0.2) is 4.98 Å². The molecule has 0 bridgehead atoms. The van der Waals surface area contributed by atoms with Crippen molar-refractivity contribution in [3.8, 4) is 11.4 Å². The number of aryl methyl sites for hydroxylation is 1. The molecule has 3 nitrogen and oxygen atoms in total. The van der Waals surface area contributed by atoms with Crippen LogP contribution in [-0.4, -0.2) is 14.8 Å². The van der Waals surface area contributed by atoms with Crippen molar-refractivity contribution in [2.24, 2.45) is 7.05 Å². The van der Waals surface area contributed by atoms with Crippen LogP contribution in [0.1, 0.15) is 5.82 Å². The predicted molar refractivity (Wildman–Crippen MR) is 63.2 cm³/mol. The van der Waals surface area contributed by atoms with Gasteiger partial charge in [-0.2, -0.15) is 5.10 Å². The molecule has 0 aliphatic rings. The normalized spacial score (nSPS) is 9.73. The first-order valence-corrected chi connectivity index (χ1v) is 4.86. The molecular formula is C10H11Cl2N3. The molecule has 2 aromatic rings. The van der Waals surface area contributed by atoms with E-state index in [-0.39, 0.29) is 12.4 Å². The molecule has 1 aromatic carbocycles. The zero-order chi connectivity index (χ0) is 9.97. The molecule has 80 valence electrons. The molecule has 0 saturated carbocycles. The minimum Gasteiger partial charge on any atom is -0.251 e. The third-order valence-electron chi connectivity index (χ3n) is 2.00. The monoisotopic (exact) mass is 243 g/mol. The van der Waals surface area contributed by atoms with Crippen molar-refractivity contribution in [1.29, 1.82) is 0 Å². The van der Waals surface area contributed by atoms with E-state index in [1.165, 1.54) is 0 Å². The lowest BCUT2D eigenvalue weighted by atomic mass is 10.2. The van der Waals surface area contributed by atoms with E-state index in [2.05, 4.69) is 10.1 Å². The Morgan fingerprint density at radius 3 is 2.47 bits per heavy atom. The summed E-state index contributed by atoms with van der Waals surface area (Å²) in [6, 6.07) is 9.85. The molecule has 0 amide bonds. The van der Waals surface area contributed by atoms with Gasteiger partial charge in [0.1, 0.15) is 5.82 Å². The molecule has 2 rings (SSSR count). The third-order valence-corrected chi connectivity index (χ3v) is 2.24. The molecule has 0 aliphatic carbocycles. The van der Waals surface area contributed by atoms with Crippen molar-refractivity contribution in [2.75, 3.05) is 0 Å². The number of rotatable bonds is 2. The van der Waals surface area contributed by atoms with Crippen molar-refractivity contribution in [2.45, 2.75) is 5.88 Å². The summed E-state index contributed by atoms with van der Waals surface area (Å²) in [7, 11) is 1.84. The number of hydrogen-bond donors (Lipinski definition) is 0. The summed E-state index contributed by atoms with van der Waals surface area (Å²) in [5.74, 6) is 1.89. The van der Waals surface area contributed by atoms with Crippen LogP contribution in [0, 0.1) is 0 Å². The molecule has 0 saturated heterocycles. The highest BCUT2D eigenvalue weighted by Gasteiger charge is 2.06. The van der Waals surface area contributed by atoms with Gasteiger partial charge >= 0.3 is 0 Å². The zero-order valence-electron chi connectivity index (χ0n) is 8.22. The van der Waals surface area contributed by atoms with E-state index in [1.807, 2.05) is 37.4 Å². The smallest absolute Gasteiger partial charge is 0.181 e. The summed E-state index contributed by atoms with van der Waals surface area (Å²) >= 11 is 5.71. The quantitative estimate of drug-likeness (QED) is 0.760. The van der Waals surface area contributed by atoms with Gasteiger partial charge < -0.3 is 0 Å². The molecule has 0 fully saturated rings. The first-order valence-electron chi connectivity index (χ1n) is 4.32. The molecule has 1 aromatic heterocycles. The number of hydrogen-bond acceptors (Lipinski definition) is 2. The topological polar surface area (TPSA) is 30.7 Å². The number of alkyl halides is 1. The van der Waals surface area contributed by atoms with Gasteiger partial charge in [0.05, 0.1) is 5.88 Å². The van der Waals surface area contributed by atoms with Gasteiger partial charge in [-0.3, -0.25) is 4.68 Å². The average molecular weight is 244 g/mol. The van der Waals surface area contributed by atoms with Crippen molar-refractivity contribution < 1.29 is 0 Å². The summed E-state index contributed by atoms with van der Waals surface area (Å²) in [6.45, 7) is 0. The molecule has 0 atom stereocenters. The van der Waals surface area contributed by atoms with Gasteiger partial charge in [-0.15, -0.1) is 24.0 Å². The first kappa shape index (κ1) is 12.0. The van der Waals surface area contributed by atoms with Crippen LogP contribution in [0.3, 0.4) is 0 Å². The maximum absolute atomic E-state index is 5.71. The van der Waals surface area contributed by atoms with E-state index < -0.39 is 0 Å². The largest absolute Gasteiger partial charge is 0.251 e. The van der Waals surface area contributed by atoms with Gasteiger partial charge in [0.2, 0.25) is 0 Å². The Morgan fingerprint density at radius 2 is 1.93 bits per heavy atom. The van der Waals surface area contributed by atoms with Crippen molar-refractivity contribution in [1.82, 2.24) is 14.8 Å². The van der Waals surface area contributed by atoms with Crippen LogP contribution in [0.5, 0.6) is 0 Å². The van der Waals surface area contributed by atoms with Crippen LogP contribution in [0.2, 0.25) is 0 Å². The van der Waals surface area contributed by atoms with Gasteiger partial charge in [-0.1, -0.05) is 30.3 Å². The maximum atomic E-state index is 5.71. The Morgan fingerprint density at radius 1 is 1.27 bits per heavy atom. The van der Waals surface area contributed by atoms with Crippen LogP contribution in [0.4, 0.5) is 0 Å². The highest BCUT2D eigenvalue weighted by molar-refractivity contribution is 6.16. The lowest BCUT2D eigenvalue weighted by molar-refractivity contribution is 0.730. The van der Waals surface area contributed by atoms with Gasteiger partial charge in [0.15, 0.2) is 5.82 Å². The molecule has 0 N–H and O–H groups in total. The molecule has 0 aliphatic heterocycles. The fraction of sp³-hybridized carbons (Fsp3) is 0.200. The summed E-state index contributed by atoms with van der Waals surface area (Å²) < 4.78 is 1.70. The van der Waals surface area contributed by atoms with E-state index in [0.717, 1.165) is 17.2 Å². The Kier molecular flexibility index (Phi) is 4.12. The molecular weight excluding hydrogens is 233 g/mol. The maximum Gasteiger partial charge on any atom is 0.181 e. The van der Waals surface area contributed by atoms with Crippen molar-refractivity contribution >= 4 is 24.0 Å². The number of aromatic nitrogens is 3. The minimum atomic E-state index is 0. The highest BCUT2D eigenvalue weighted by Crippen LogP contribution is 2.14. The second kappa shape index (κ2) is 5.14. The standard InChI is InChI=1S/C10H10ClN3.ClH/c1-14-9(7-11)12-10(13-14)8-5-3-2-4-6-8;/h2-6H,7H2,1H3;1H. The second-order valence-electron chi connectivity index (χ2n) is 2.97. The Balaban J connectivity index is 0.00000112. The number of benzene rings is 1. The van der Waals surface area contributed by atoms with Crippen molar-refractivity contribution in [3.05, 3.63) is 36.2 Å². The highest BCUT2D eigenvalue weighted by atomic mass is 35.5. The van der Waals surface area contributed by atoms with Gasteiger partial charge in [0, 0.05) is 12.6 Å². The Bertz CT molecular complexity index is 425. The fourth-order valence-electron chi connectivity index (χ4n) is 1.24. The van der Waals surface area contributed by atoms with Gasteiger partial charge in [0.25, 0.3) is 0 Å². The summed E-state index contributed by atoms with van der Waals surface area (Å²) in [5, 5.41) is 4.27. The first-order chi connectivity index (χ1) is 6.81. The fourth-order valence-corrected chi connectivity index (χ4v) is 1.48. The zero-order valence-corrected chi connectivity index (χ0v) is 9.79. The summed E-state index contributed by atoms with van der Waals surface area (Å²) in [5.41, 5.74) is 1.01. The molecule has 0 spiro atoms. The summed E-state index contributed by atoms with van der Waals surface area (Å²) in [6.07, 6.45) is 0. The van der Waals surface area contributed by atoms with Crippen LogP contribution in [0.25, 0.3) is 11.4 Å². The molecule has 1 heterocycles. The van der Waals surface area contributed by atoms with Crippen LogP contribution >= 0.6 is 24.0 Å². The van der Waals surface area contributed by atoms with Crippen LogP contribution in [0.15, 0.2) is 30.3 Å². The molecule has 5 heteroatoms. The second-order valence-corrected chi connectivity index (χ2v) is 3.24. The lowest BCUT2D eigenvalue weighted by Gasteiger charge is -1.91. The Labute approximate surface area is 99.5 Å². The molecule has 0 radical (unpaired) electrons. The van der Waals surface area contributed by atoms with E-state index in [0.29, 0.717) is 5.88 Å². The average Bonchev–Trinajstić information content (AvgIpc) is 2.61. The van der Waals surface area contributed by atoms with E-state index in [9.17, 15) is 0 Å². The van der Waals surface area contributed by atoms with E-state index in [1.54, 1.807) is 4.68 Å². The number of nitrogens with zero attached hydrogens (tertiary/aromatic N) is 3. The number of halogens is 2. The SMILES string of the molecule is Cl.Cn1nc(-c2ccccc2)nc1CCl.